The molecule has 0 aliphatic carbocycles. The summed E-state index contributed by atoms with van der Waals surface area (Å²) in [6.07, 6.45) is 0.393. The second-order valence-corrected chi connectivity index (χ2v) is 3.85. The van der Waals surface area contributed by atoms with Crippen LogP contribution < -0.4 is 10.5 Å². The number of hydrogen-bond acceptors (Lipinski definition) is 3. The minimum Gasteiger partial charge on any atom is -0.412 e. The van der Waals surface area contributed by atoms with E-state index in [1.54, 1.807) is 0 Å². The summed E-state index contributed by atoms with van der Waals surface area (Å²) in [6.45, 7) is 0.142. The topological polar surface area (TPSA) is 53.2 Å². The van der Waals surface area contributed by atoms with Crippen LogP contribution in [0.1, 0.15) is 5.56 Å². The van der Waals surface area contributed by atoms with Gasteiger partial charge in [-0.25, -0.2) is 4.79 Å². The Bertz CT molecular complexity index is 651. The number of benzene rings is 1. The molecular weight excluding hydrogens is 208 g/mol. The molecule has 82 valence electrons. The predicted octanol–water partition coefficient (Wildman–Crippen LogP) is -0.0134. The lowest BCUT2D eigenvalue weighted by atomic mass is 10.0. The highest BCUT2D eigenvalue weighted by Crippen LogP contribution is 2.21. The Labute approximate surface area is 90.8 Å². The van der Waals surface area contributed by atoms with Gasteiger partial charge in [-0.05, 0) is 11.6 Å². The van der Waals surface area contributed by atoms with Crippen LogP contribution in [0.15, 0.2) is 23.0 Å². The van der Waals surface area contributed by atoms with E-state index in [0.29, 0.717) is 6.42 Å². The van der Waals surface area contributed by atoms with Crippen molar-refractivity contribution in [3.05, 3.63) is 34.2 Å². The monoisotopic (exact) mass is 218 g/mol. The number of carbonyl (C=O) groups is 1. The Kier molecular flexibility index (Phi) is 1.71. The van der Waals surface area contributed by atoms with Crippen LogP contribution in [-0.4, -0.2) is 22.2 Å². The lowest BCUT2D eigenvalue weighted by Crippen LogP contribution is -2.31. The number of rotatable bonds is 1. The molecule has 0 fully saturated rings. The third-order valence-electron chi connectivity index (χ3n) is 2.90. The van der Waals surface area contributed by atoms with Crippen LogP contribution in [0.3, 0.4) is 0 Å². The number of nitrogens with zero attached hydrogens (tertiary/aromatic N) is 2. The number of imidazole rings is 1. The molecule has 0 spiro atoms. The first kappa shape index (κ1) is 9.21. The summed E-state index contributed by atoms with van der Waals surface area (Å²) >= 11 is 0. The zero-order valence-corrected chi connectivity index (χ0v) is 8.77. The van der Waals surface area contributed by atoms with Gasteiger partial charge in [-0.1, -0.05) is 12.1 Å². The number of carbonyl (C=O) groups excluding carboxylic acids is 1. The van der Waals surface area contributed by atoms with Crippen LogP contribution in [0.2, 0.25) is 0 Å². The third kappa shape index (κ3) is 0.997. The molecule has 0 saturated carbocycles. The zero-order chi connectivity index (χ0) is 11.3. The molecule has 0 amide bonds. The van der Waals surface area contributed by atoms with E-state index in [2.05, 4.69) is 0 Å². The average Bonchev–Trinajstić information content (AvgIpc) is 2.54. The van der Waals surface area contributed by atoms with E-state index < -0.39 is 0 Å². The van der Waals surface area contributed by atoms with Crippen LogP contribution in [0, 0.1) is 0 Å². The fourth-order valence-electron chi connectivity index (χ4n) is 2.27. The van der Waals surface area contributed by atoms with E-state index in [0.717, 1.165) is 16.6 Å². The minimum atomic E-state index is -0.294. The van der Waals surface area contributed by atoms with Gasteiger partial charge < -0.3 is 4.84 Å². The number of hydrogen-bond donors (Lipinski definition) is 0. The Morgan fingerprint density at radius 1 is 1.31 bits per heavy atom. The Morgan fingerprint density at radius 2 is 2.12 bits per heavy atom. The summed E-state index contributed by atoms with van der Waals surface area (Å²) in [6, 6.07) is 5.51. The Hall–Kier alpha value is -2.04. The summed E-state index contributed by atoms with van der Waals surface area (Å²) in [4.78, 5) is 28.5. The standard InChI is InChI=1S/C11H10N2O3/c1-16-13-9-4-2-3-7-5-8(14)6-12(10(7)9)11(13)15/h2-4H,5-6H2,1H3. The van der Waals surface area contributed by atoms with Crippen molar-refractivity contribution < 1.29 is 9.63 Å². The maximum Gasteiger partial charge on any atom is 0.362 e. The van der Waals surface area contributed by atoms with E-state index in [1.807, 2.05) is 18.2 Å². The van der Waals surface area contributed by atoms with Crippen LogP contribution >= 0.6 is 0 Å². The average molecular weight is 218 g/mol. The van der Waals surface area contributed by atoms with Crippen molar-refractivity contribution in [3.63, 3.8) is 0 Å². The molecule has 0 bridgehead atoms. The third-order valence-corrected chi connectivity index (χ3v) is 2.90. The fourth-order valence-corrected chi connectivity index (χ4v) is 2.27. The Balaban J connectivity index is 2.51. The molecule has 1 aromatic carbocycles. The molecule has 5 heteroatoms. The van der Waals surface area contributed by atoms with Crippen LogP contribution in [0.25, 0.3) is 11.0 Å². The molecule has 0 saturated heterocycles. The van der Waals surface area contributed by atoms with Gasteiger partial charge in [0.05, 0.1) is 12.1 Å². The zero-order valence-electron chi connectivity index (χ0n) is 8.77. The van der Waals surface area contributed by atoms with Gasteiger partial charge in [-0.3, -0.25) is 9.36 Å². The lowest BCUT2D eigenvalue weighted by Gasteiger charge is -2.11. The fraction of sp³-hybridized carbons (Fsp3) is 0.273. The quantitative estimate of drug-likeness (QED) is 0.676. The first-order valence-corrected chi connectivity index (χ1v) is 5.01. The van der Waals surface area contributed by atoms with Crippen LogP contribution in [0.5, 0.6) is 0 Å². The first-order chi connectivity index (χ1) is 7.72. The normalized spacial score (nSPS) is 14.4. The largest absolute Gasteiger partial charge is 0.412 e. The van der Waals surface area contributed by atoms with Crippen LogP contribution in [-0.2, 0) is 17.8 Å². The van der Waals surface area contributed by atoms with E-state index in [-0.39, 0.29) is 18.0 Å². The number of aromatic nitrogens is 2. The summed E-state index contributed by atoms with van der Waals surface area (Å²) < 4.78 is 2.69. The van der Waals surface area contributed by atoms with Gasteiger partial charge in [0.25, 0.3) is 0 Å². The van der Waals surface area contributed by atoms with Gasteiger partial charge in [0.1, 0.15) is 12.6 Å². The predicted molar refractivity (Wildman–Crippen MR) is 57.4 cm³/mol. The van der Waals surface area contributed by atoms with Gasteiger partial charge in [0.2, 0.25) is 0 Å². The molecule has 3 rings (SSSR count). The van der Waals surface area contributed by atoms with E-state index in [1.165, 1.54) is 16.4 Å². The highest BCUT2D eigenvalue weighted by Gasteiger charge is 2.23. The van der Waals surface area contributed by atoms with Crippen molar-refractivity contribution in [1.82, 2.24) is 9.30 Å². The maximum absolute atomic E-state index is 11.9. The molecule has 0 radical (unpaired) electrons. The number of Topliss-reactive ketones (excluding diaryl/α,β-unsaturated/α-hetero) is 1. The van der Waals surface area contributed by atoms with Gasteiger partial charge in [0.15, 0.2) is 5.78 Å². The molecule has 16 heavy (non-hydrogen) atoms. The molecule has 5 nitrogen and oxygen atoms in total. The molecule has 0 atom stereocenters. The lowest BCUT2D eigenvalue weighted by molar-refractivity contribution is -0.119. The smallest absolute Gasteiger partial charge is 0.362 e. The van der Waals surface area contributed by atoms with Gasteiger partial charge in [-0.2, -0.15) is 0 Å². The molecule has 0 N–H and O–H groups in total. The van der Waals surface area contributed by atoms with Crippen LogP contribution in [0.4, 0.5) is 0 Å². The van der Waals surface area contributed by atoms with Crippen molar-refractivity contribution in [2.24, 2.45) is 0 Å². The minimum absolute atomic E-state index is 0.0518. The maximum atomic E-state index is 11.9. The number of para-hydroxylation sites is 1. The van der Waals surface area contributed by atoms with E-state index >= 15 is 0 Å². The van der Waals surface area contributed by atoms with Crippen molar-refractivity contribution >= 4 is 16.8 Å². The van der Waals surface area contributed by atoms with Crippen molar-refractivity contribution in [2.75, 3.05) is 7.11 Å². The second-order valence-electron chi connectivity index (χ2n) is 3.85. The molecule has 1 aliphatic rings. The summed E-state index contributed by atoms with van der Waals surface area (Å²) in [5, 5.41) is 0. The molecule has 1 aromatic heterocycles. The molecule has 2 aromatic rings. The molecule has 2 heterocycles. The first-order valence-electron chi connectivity index (χ1n) is 5.01. The van der Waals surface area contributed by atoms with Crippen molar-refractivity contribution in [1.29, 1.82) is 0 Å². The van der Waals surface area contributed by atoms with Gasteiger partial charge >= 0.3 is 5.69 Å². The highest BCUT2D eigenvalue weighted by atomic mass is 16.7. The van der Waals surface area contributed by atoms with E-state index in [4.69, 9.17) is 4.84 Å². The van der Waals surface area contributed by atoms with E-state index in [9.17, 15) is 9.59 Å². The molecular formula is C11H10N2O3. The summed E-state index contributed by atoms with van der Waals surface area (Å²) in [7, 11) is 1.44. The molecule has 1 aliphatic heterocycles. The van der Waals surface area contributed by atoms with Gasteiger partial charge in [0, 0.05) is 6.42 Å². The highest BCUT2D eigenvalue weighted by molar-refractivity contribution is 5.91. The van der Waals surface area contributed by atoms with Crippen molar-refractivity contribution in [2.45, 2.75) is 13.0 Å². The second kappa shape index (κ2) is 2.98. The SMILES string of the molecule is COn1c(=O)n2c3c(cccc31)CC(=O)C2. The van der Waals surface area contributed by atoms with Crippen molar-refractivity contribution in [3.8, 4) is 0 Å². The summed E-state index contributed by atoms with van der Waals surface area (Å²) in [5.41, 5.74) is 2.13. The summed E-state index contributed by atoms with van der Waals surface area (Å²) in [5.74, 6) is 0.0518. The van der Waals surface area contributed by atoms with Gasteiger partial charge in [-0.15, -0.1) is 4.73 Å². The Morgan fingerprint density at radius 3 is 2.88 bits per heavy atom. The number of ketones is 1. The molecule has 0 unspecified atom stereocenters.